The second-order valence-electron chi connectivity index (χ2n) is 4.57. The summed E-state index contributed by atoms with van der Waals surface area (Å²) >= 11 is 0. The summed E-state index contributed by atoms with van der Waals surface area (Å²) in [5.74, 6) is 6.37. The predicted octanol–water partition coefficient (Wildman–Crippen LogP) is 3.79. The number of nitrogen functional groups attached to an aromatic ring is 1. The Balaban J connectivity index is 2.29. The van der Waals surface area contributed by atoms with Crippen molar-refractivity contribution in [3.8, 4) is 11.8 Å². The van der Waals surface area contributed by atoms with Crippen LogP contribution in [-0.2, 0) is 12.8 Å². The van der Waals surface area contributed by atoms with Gasteiger partial charge in [-0.15, -0.1) is 0 Å². The lowest BCUT2D eigenvalue weighted by atomic mass is 10.00. The highest BCUT2D eigenvalue weighted by atomic mass is 14.5. The van der Waals surface area contributed by atoms with Gasteiger partial charge in [-0.2, -0.15) is 0 Å². The first kappa shape index (κ1) is 13.2. The van der Waals surface area contributed by atoms with E-state index in [1.54, 1.807) is 0 Å². The zero-order valence-corrected chi connectivity index (χ0v) is 11.5. The van der Waals surface area contributed by atoms with Crippen LogP contribution >= 0.6 is 0 Å². The van der Waals surface area contributed by atoms with E-state index < -0.39 is 0 Å². The first-order chi connectivity index (χ1) is 9.22. The van der Waals surface area contributed by atoms with E-state index in [2.05, 4.69) is 43.9 Å². The van der Waals surface area contributed by atoms with Gasteiger partial charge in [0.25, 0.3) is 0 Å². The summed E-state index contributed by atoms with van der Waals surface area (Å²) in [6.07, 6.45) is 2.13. The maximum atomic E-state index is 5.74. The van der Waals surface area contributed by atoms with Gasteiger partial charge in [0.05, 0.1) is 0 Å². The Hall–Kier alpha value is -2.20. The summed E-state index contributed by atoms with van der Waals surface area (Å²) in [6.45, 7) is 4.37. The largest absolute Gasteiger partial charge is 0.399 e. The summed E-state index contributed by atoms with van der Waals surface area (Å²) in [5, 5.41) is 0. The predicted molar refractivity (Wildman–Crippen MR) is 82.0 cm³/mol. The SMILES string of the molecule is CCc1ccc(C#Cc2cccc(N)c2)cc1CC. The van der Waals surface area contributed by atoms with Crippen LogP contribution in [0.5, 0.6) is 0 Å². The van der Waals surface area contributed by atoms with Crippen molar-refractivity contribution < 1.29 is 0 Å². The van der Waals surface area contributed by atoms with Crippen LogP contribution in [-0.4, -0.2) is 0 Å². The second-order valence-corrected chi connectivity index (χ2v) is 4.57. The smallest absolute Gasteiger partial charge is 0.0326 e. The van der Waals surface area contributed by atoms with Gasteiger partial charge in [-0.1, -0.05) is 37.8 Å². The summed E-state index contributed by atoms with van der Waals surface area (Å²) < 4.78 is 0. The fourth-order valence-corrected chi connectivity index (χ4v) is 2.14. The van der Waals surface area contributed by atoms with E-state index in [-0.39, 0.29) is 0 Å². The average molecular weight is 249 g/mol. The summed E-state index contributed by atoms with van der Waals surface area (Å²) in [6, 6.07) is 14.1. The molecule has 2 rings (SSSR count). The third-order valence-corrected chi connectivity index (χ3v) is 3.21. The molecule has 1 heteroatoms. The lowest BCUT2D eigenvalue weighted by Gasteiger charge is -2.05. The topological polar surface area (TPSA) is 26.0 Å². The highest BCUT2D eigenvalue weighted by Crippen LogP contribution is 2.13. The molecule has 0 unspecified atom stereocenters. The lowest BCUT2D eigenvalue weighted by Crippen LogP contribution is -1.91. The monoisotopic (exact) mass is 249 g/mol. The molecule has 0 amide bonds. The summed E-state index contributed by atoms with van der Waals surface area (Å²) in [5.41, 5.74) is 11.3. The number of hydrogen-bond acceptors (Lipinski definition) is 1. The lowest BCUT2D eigenvalue weighted by molar-refractivity contribution is 1.04. The molecule has 0 fully saturated rings. The zero-order chi connectivity index (χ0) is 13.7. The van der Waals surface area contributed by atoms with Crippen molar-refractivity contribution in [2.45, 2.75) is 26.7 Å². The summed E-state index contributed by atoms with van der Waals surface area (Å²) in [4.78, 5) is 0. The van der Waals surface area contributed by atoms with Crippen LogP contribution < -0.4 is 5.73 Å². The molecule has 0 radical (unpaired) electrons. The molecule has 2 aromatic carbocycles. The Labute approximate surface area is 115 Å². The molecule has 0 aromatic heterocycles. The first-order valence-corrected chi connectivity index (χ1v) is 6.72. The molecule has 0 bridgehead atoms. The van der Waals surface area contributed by atoms with Gasteiger partial charge in [0, 0.05) is 16.8 Å². The molecule has 0 aliphatic rings. The zero-order valence-electron chi connectivity index (χ0n) is 11.5. The Bertz CT molecular complexity index is 630. The molecule has 2 aromatic rings. The number of rotatable bonds is 2. The van der Waals surface area contributed by atoms with Crippen molar-refractivity contribution >= 4 is 5.69 Å². The Kier molecular flexibility index (Phi) is 4.26. The quantitative estimate of drug-likeness (QED) is 0.636. The van der Waals surface area contributed by atoms with Crippen LogP contribution in [0, 0.1) is 11.8 Å². The molecule has 0 spiro atoms. The van der Waals surface area contributed by atoms with Crippen molar-refractivity contribution in [3.63, 3.8) is 0 Å². The van der Waals surface area contributed by atoms with E-state index in [0.717, 1.165) is 29.7 Å². The molecule has 0 saturated carbocycles. The van der Waals surface area contributed by atoms with Gasteiger partial charge in [0.2, 0.25) is 0 Å². The standard InChI is InChI=1S/C18H19N/c1-3-16-11-10-15(12-17(16)4-2)9-8-14-6-5-7-18(19)13-14/h5-7,10-13H,3-4,19H2,1-2H3. The van der Waals surface area contributed by atoms with Crippen LogP contribution in [0.25, 0.3) is 0 Å². The van der Waals surface area contributed by atoms with Crippen LogP contribution in [0.2, 0.25) is 0 Å². The minimum Gasteiger partial charge on any atom is -0.399 e. The molecule has 0 atom stereocenters. The van der Waals surface area contributed by atoms with Crippen molar-refractivity contribution in [1.29, 1.82) is 0 Å². The molecule has 0 saturated heterocycles. The molecule has 19 heavy (non-hydrogen) atoms. The van der Waals surface area contributed by atoms with Gasteiger partial charge in [-0.3, -0.25) is 0 Å². The number of aryl methyl sites for hydroxylation is 2. The second kappa shape index (κ2) is 6.11. The van der Waals surface area contributed by atoms with Gasteiger partial charge in [0.15, 0.2) is 0 Å². The van der Waals surface area contributed by atoms with Crippen LogP contribution in [0.1, 0.15) is 36.1 Å². The molecule has 0 heterocycles. The molecule has 2 N–H and O–H groups in total. The minimum atomic E-state index is 0.752. The third-order valence-electron chi connectivity index (χ3n) is 3.21. The van der Waals surface area contributed by atoms with E-state index in [1.165, 1.54) is 11.1 Å². The highest BCUT2D eigenvalue weighted by molar-refractivity contribution is 5.50. The van der Waals surface area contributed by atoms with Gasteiger partial charge < -0.3 is 5.73 Å². The minimum absolute atomic E-state index is 0.752. The normalized spacial score (nSPS) is 9.79. The maximum absolute atomic E-state index is 5.74. The third kappa shape index (κ3) is 3.39. The fraction of sp³-hybridized carbons (Fsp3) is 0.222. The van der Waals surface area contributed by atoms with Crippen molar-refractivity contribution in [1.82, 2.24) is 0 Å². The number of benzene rings is 2. The first-order valence-electron chi connectivity index (χ1n) is 6.72. The number of hydrogen-bond donors (Lipinski definition) is 1. The maximum Gasteiger partial charge on any atom is 0.0326 e. The van der Waals surface area contributed by atoms with Crippen LogP contribution in [0.3, 0.4) is 0 Å². The molecule has 96 valence electrons. The van der Waals surface area contributed by atoms with Crippen LogP contribution in [0.15, 0.2) is 42.5 Å². The number of anilines is 1. The molecule has 1 nitrogen and oxygen atoms in total. The Morgan fingerprint density at radius 1 is 0.842 bits per heavy atom. The van der Waals surface area contributed by atoms with Crippen molar-refractivity contribution in [2.24, 2.45) is 0 Å². The fourth-order valence-electron chi connectivity index (χ4n) is 2.14. The molecular weight excluding hydrogens is 230 g/mol. The highest BCUT2D eigenvalue weighted by Gasteiger charge is 1.99. The Morgan fingerprint density at radius 2 is 1.53 bits per heavy atom. The van der Waals surface area contributed by atoms with Crippen LogP contribution in [0.4, 0.5) is 5.69 Å². The van der Waals surface area contributed by atoms with E-state index in [0.29, 0.717) is 0 Å². The number of nitrogens with two attached hydrogens (primary N) is 1. The average Bonchev–Trinajstić information content (AvgIpc) is 2.45. The van der Waals surface area contributed by atoms with E-state index >= 15 is 0 Å². The van der Waals surface area contributed by atoms with Gasteiger partial charge in [0.1, 0.15) is 0 Å². The van der Waals surface area contributed by atoms with Crippen molar-refractivity contribution in [2.75, 3.05) is 5.73 Å². The van der Waals surface area contributed by atoms with E-state index in [1.807, 2.05) is 24.3 Å². The Morgan fingerprint density at radius 3 is 2.16 bits per heavy atom. The van der Waals surface area contributed by atoms with Crippen molar-refractivity contribution in [3.05, 3.63) is 64.7 Å². The van der Waals surface area contributed by atoms with Gasteiger partial charge in [-0.25, -0.2) is 0 Å². The summed E-state index contributed by atoms with van der Waals surface area (Å²) in [7, 11) is 0. The van der Waals surface area contributed by atoms with Gasteiger partial charge in [-0.05, 0) is 54.3 Å². The van der Waals surface area contributed by atoms with E-state index in [4.69, 9.17) is 5.73 Å². The molecular formula is C18H19N. The molecule has 0 aliphatic heterocycles. The van der Waals surface area contributed by atoms with Gasteiger partial charge >= 0.3 is 0 Å². The molecule has 0 aliphatic carbocycles. The van der Waals surface area contributed by atoms with E-state index in [9.17, 15) is 0 Å².